The summed E-state index contributed by atoms with van der Waals surface area (Å²) in [6.07, 6.45) is 1.55. The van der Waals surface area contributed by atoms with E-state index in [-0.39, 0.29) is 24.9 Å². The molecule has 3 atom stereocenters. The molecule has 1 aliphatic heterocycles. The third-order valence-electron chi connectivity index (χ3n) is 2.97. The molecule has 0 aromatic rings. The lowest BCUT2D eigenvalue weighted by molar-refractivity contribution is -0.151. The topological polar surface area (TPSA) is 68.2 Å². The van der Waals surface area contributed by atoms with Gasteiger partial charge in [0.2, 0.25) is 0 Å². The van der Waals surface area contributed by atoms with Gasteiger partial charge in [-0.25, -0.2) is 0 Å². The lowest BCUT2D eigenvalue weighted by Crippen LogP contribution is -2.47. The van der Waals surface area contributed by atoms with Crippen LogP contribution in [0, 0.1) is 0 Å². The Morgan fingerprint density at radius 3 is 2.50 bits per heavy atom. The van der Waals surface area contributed by atoms with Crippen molar-refractivity contribution in [2.24, 2.45) is 0 Å². The first-order chi connectivity index (χ1) is 9.43. The van der Waals surface area contributed by atoms with Gasteiger partial charge in [-0.1, -0.05) is 0 Å². The fourth-order valence-corrected chi connectivity index (χ4v) is 2.10. The second kappa shape index (κ2) is 8.62. The minimum absolute atomic E-state index is 0.00666. The average molecular weight is 288 g/mol. The Kier molecular flexibility index (Phi) is 7.51. The molecule has 0 saturated carbocycles. The monoisotopic (exact) mass is 288 g/mol. The zero-order chi connectivity index (χ0) is 15.1. The van der Waals surface area contributed by atoms with Gasteiger partial charge >= 0.3 is 0 Å². The molecule has 0 bridgehead atoms. The van der Waals surface area contributed by atoms with E-state index in [0.717, 1.165) is 0 Å². The molecule has 0 amide bonds. The van der Waals surface area contributed by atoms with Gasteiger partial charge in [0.15, 0.2) is 6.10 Å². The van der Waals surface area contributed by atoms with Gasteiger partial charge in [0.05, 0.1) is 24.6 Å². The summed E-state index contributed by atoms with van der Waals surface area (Å²) in [6.45, 7) is 8.26. The van der Waals surface area contributed by atoms with Crippen LogP contribution in [-0.2, 0) is 14.2 Å². The van der Waals surface area contributed by atoms with Crippen LogP contribution >= 0.6 is 0 Å². The molecule has 1 heterocycles. The fourth-order valence-electron chi connectivity index (χ4n) is 2.10. The van der Waals surface area contributed by atoms with Crippen LogP contribution < -0.4 is 0 Å². The van der Waals surface area contributed by atoms with E-state index in [0.29, 0.717) is 25.2 Å². The molecule has 5 nitrogen and oxygen atoms in total. The summed E-state index contributed by atoms with van der Waals surface area (Å²) < 4.78 is 17.2. The maximum Gasteiger partial charge on any atom is 0.150 e. The van der Waals surface area contributed by atoms with Crippen molar-refractivity contribution in [3.8, 4) is 0 Å². The molecule has 0 unspecified atom stereocenters. The molecule has 1 rings (SSSR count). The molecule has 0 fully saturated rings. The summed E-state index contributed by atoms with van der Waals surface area (Å²) >= 11 is 0. The number of aliphatic hydroxyl groups is 2. The number of hydrogen-bond acceptors (Lipinski definition) is 5. The highest BCUT2D eigenvalue weighted by atomic mass is 16.6. The number of rotatable bonds is 8. The number of ether oxygens (including phenoxy) is 3. The van der Waals surface area contributed by atoms with Crippen LogP contribution in [0.15, 0.2) is 11.8 Å². The molecule has 2 N–H and O–H groups in total. The van der Waals surface area contributed by atoms with Gasteiger partial charge in [0, 0.05) is 13.0 Å². The predicted molar refractivity (Wildman–Crippen MR) is 76.4 cm³/mol. The van der Waals surface area contributed by atoms with Crippen molar-refractivity contribution in [3.63, 3.8) is 0 Å². The van der Waals surface area contributed by atoms with Crippen LogP contribution in [0.3, 0.4) is 0 Å². The van der Waals surface area contributed by atoms with Crippen molar-refractivity contribution < 1.29 is 24.4 Å². The molecule has 118 valence electrons. The normalized spacial score (nSPS) is 26.8. The Morgan fingerprint density at radius 2 is 1.95 bits per heavy atom. The Morgan fingerprint density at radius 1 is 1.25 bits per heavy atom. The standard InChI is InChI=1S/C15H28O5/c1-10(2)18-9-14-15(19-11(3)4)13(17)8-12(20-14)6-5-7-16/h8,10-11,13-17H,5-7,9H2,1-4H3/t13-,14-,15+/m1/s1. The average Bonchev–Trinajstić information content (AvgIpc) is 2.36. The summed E-state index contributed by atoms with van der Waals surface area (Å²) in [5.41, 5.74) is 0. The quantitative estimate of drug-likeness (QED) is 0.710. The first-order valence-corrected chi connectivity index (χ1v) is 7.37. The summed E-state index contributed by atoms with van der Waals surface area (Å²) in [5.74, 6) is 0.701. The second-order valence-electron chi connectivity index (χ2n) is 5.64. The van der Waals surface area contributed by atoms with E-state index >= 15 is 0 Å². The van der Waals surface area contributed by atoms with E-state index < -0.39 is 12.2 Å². The van der Waals surface area contributed by atoms with Crippen molar-refractivity contribution in [3.05, 3.63) is 11.8 Å². The Hall–Kier alpha value is -0.620. The maximum atomic E-state index is 10.2. The number of aliphatic hydroxyl groups excluding tert-OH is 2. The molecule has 5 heteroatoms. The molecule has 0 aromatic carbocycles. The second-order valence-corrected chi connectivity index (χ2v) is 5.64. The zero-order valence-electron chi connectivity index (χ0n) is 12.9. The highest BCUT2D eigenvalue weighted by Crippen LogP contribution is 2.25. The van der Waals surface area contributed by atoms with E-state index in [4.69, 9.17) is 19.3 Å². The first kappa shape index (κ1) is 17.4. The SMILES string of the molecule is CC(C)OC[C@H]1OC(CCCO)=C[C@@H](O)[C@@H]1OC(C)C. The van der Waals surface area contributed by atoms with Gasteiger partial charge in [-0.05, 0) is 40.2 Å². The minimum atomic E-state index is -0.708. The van der Waals surface area contributed by atoms with Crippen molar-refractivity contribution in [2.75, 3.05) is 13.2 Å². The molecule has 0 radical (unpaired) electrons. The van der Waals surface area contributed by atoms with Gasteiger partial charge in [-0.2, -0.15) is 0 Å². The third kappa shape index (κ3) is 5.79. The highest BCUT2D eigenvalue weighted by Gasteiger charge is 2.35. The van der Waals surface area contributed by atoms with E-state index in [2.05, 4.69) is 0 Å². The van der Waals surface area contributed by atoms with Gasteiger partial charge in [0.25, 0.3) is 0 Å². The molecular weight excluding hydrogens is 260 g/mol. The van der Waals surface area contributed by atoms with Crippen molar-refractivity contribution in [2.45, 2.75) is 71.1 Å². The van der Waals surface area contributed by atoms with E-state index in [1.165, 1.54) is 0 Å². The molecule has 0 saturated heterocycles. The van der Waals surface area contributed by atoms with E-state index in [9.17, 15) is 5.11 Å². The third-order valence-corrected chi connectivity index (χ3v) is 2.97. The minimum Gasteiger partial charge on any atom is -0.490 e. The molecule has 0 aliphatic carbocycles. The summed E-state index contributed by atoms with van der Waals surface area (Å²) in [4.78, 5) is 0. The lowest BCUT2D eigenvalue weighted by Gasteiger charge is -2.36. The van der Waals surface area contributed by atoms with Crippen LogP contribution in [0.5, 0.6) is 0 Å². The summed E-state index contributed by atoms with van der Waals surface area (Å²) in [5, 5.41) is 19.1. The summed E-state index contributed by atoms with van der Waals surface area (Å²) in [7, 11) is 0. The first-order valence-electron chi connectivity index (χ1n) is 7.37. The van der Waals surface area contributed by atoms with Crippen LogP contribution in [-0.4, -0.2) is 53.9 Å². The van der Waals surface area contributed by atoms with Gasteiger partial charge in [0.1, 0.15) is 12.2 Å². The molecular formula is C15H28O5. The Bertz CT molecular complexity index is 301. The smallest absolute Gasteiger partial charge is 0.150 e. The van der Waals surface area contributed by atoms with Crippen LogP contribution in [0.4, 0.5) is 0 Å². The predicted octanol–water partition coefficient (Wildman–Crippen LogP) is 1.62. The van der Waals surface area contributed by atoms with E-state index in [1.807, 2.05) is 27.7 Å². The van der Waals surface area contributed by atoms with Crippen molar-refractivity contribution >= 4 is 0 Å². The largest absolute Gasteiger partial charge is 0.490 e. The van der Waals surface area contributed by atoms with Crippen molar-refractivity contribution in [1.29, 1.82) is 0 Å². The van der Waals surface area contributed by atoms with Gasteiger partial charge in [-0.15, -0.1) is 0 Å². The maximum absolute atomic E-state index is 10.2. The molecule has 0 aromatic heterocycles. The van der Waals surface area contributed by atoms with Crippen LogP contribution in [0.25, 0.3) is 0 Å². The molecule has 1 aliphatic rings. The molecule has 0 spiro atoms. The zero-order valence-corrected chi connectivity index (χ0v) is 12.9. The van der Waals surface area contributed by atoms with Gasteiger partial charge in [-0.3, -0.25) is 0 Å². The Balaban J connectivity index is 2.70. The van der Waals surface area contributed by atoms with Gasteiger partial charge < -0.3 is 24.4 Å². The molecule has 20 heavy (non-hydrogen) atoms. The van der Waals surface area contributed by atoms with Crippen LogP contribution in [0.2, 0.25) is 0 Å². The number of hydrogen-bond donors (Lipinski definition) is 2. The fraction of sp³-hybridized carbons (Fsp3) is 0.867. The Labute approximate surface area is 121 Å². The summed E-state index contributed by atoms with van der Waals surface area (Å²) in [6, 6.07) is 0. The van der Waals surface area contributed by atoms with Crippen LogP contribution in [0.1, 0.15) is 40.5 Å². The number of allylic oxidation sites excluding steroid dienone is 1. The van der Waals surface area contributed by atoms with Crippen molar-refractivity contribution in [1.82, 2.24) is 0 Å². The lowest BCUT2D eigenvalue weighted by atomic mass is 10.0. The highest BCUT2D eigenvalue weighted by molar-refractivity contribution is 5.07. The van der Waals surface area contributed by atoms with E-state index in [1.54, 1.807) is 6.08 Å².